The number of carbonyl (C=O) groups excluding carboxylic acids is 1. The van der Waals surface area contributed by atoms with Gasteiger partial charge in [0, 0.05) is 11.5 Å². The Bertz CT molecular complexity index is 420. The lowest BCUT2D eigenvalue weighted by atomic mass is 10.0. The third-order valence-corrected chi connectivity index (χ3v) is 3.46. The first-order valence-electron chi connectivity index (χ1n) is 6.79. The molecule has 0 heterocycles. The van der Waals surface area contributed by atoms with E-state index < -0.39 is 6.04 Å². The average Bonchev–Trinajstić information content (AvgIpc) is 2.39. The van der Waals surface area contributed by atoms with Crippen molar-refractivity contribution in [2.75, 3.05) is 20.2 Å². The standard InChI is InChI=1S/C15H23BrN2O2/c1-11(2)10-14(17)15(19)18(3)8-9-20-13-6-4-12(16)5-7-13/h4-7,11,14H,8-10,17H2,1-3H3/t14-/m1/s1. The molecule has 0 fully saturated rings. The molecule has 0 aliphatic rings. The molecule has 0 radical (unpaired) electrons. The van der Waals surface area contributed by atoms with Crippen LogP contribution in [0.5, 0.6) is 5.75 Å². The Labute approximate surface area is 129 Å². The van der Waals surface area contributed by atoms with Crippen molar-refractivity contribution in [3.05, 3.63) is 28.7 Å². The van der Waals surface area contributed by atoms with E-state index in [1.54, 1.807) is 11.9 Å². The summed E-state index contributed by atoms with van der Waals surface area (Å²) < 4.78 is 6.60. The molecule has 112 valence electrons. The zero-order valence-electron chi connectivity index (χ0n) is 12.3. The van der Waals surface area contributed by atoms with Crippen LogP contribution in [0.3, 0.4) is 0 Å². The number of hydrogen-bond donors (Lipinski definition) is 1. The summed E-state index contributed by atoms with van der Waals surface area (Å²) in [6.45, 7) is 5.10. The zero-order chi connectivity index (χ0) is 15.1. The molecule has 0 saturated heterocycles. The average molecular weight is 343 g/mol. The second kappa shape index (κ2) is 8.27. The second-order valence-corrected chi connectivity index (χ2v) is 6.21. The van der Waals surface area contributed by atoms with Gasteiger partial charge in [0.25, 0.3) is 0 Å². The number of carbonyl (C=O) groups is 1. The Balaban J connectivity index is 2.33. The van der Waals surface area contributed by atoms with Gasteiger partial charge in [-0.25, -0.2) is 0 Å². The lowest BCUT2D eigenvalue weighted by Gasteiger charge is -2.22. The molecule has 1 aromatic rings. The van der Waals surface area contributed by atoms with Gasteiger partial charge in [-0.3, -0.25) is 4.79 Å². The Kier molecular flexibility index (Phi) is 7.02. The van der Waals surface area contributed by atoms with Crippen molar-refractivity contribution in [2.24, 2.45) is 11.7 Å². The molecule has 0 aliphatic heterocycles. The van der Waals surface area contributed by atoms with Crippen molar-refractivity contribution in [1.29, 1.82) is 0 Å². The van der Waals surface area contributed by atoms with E-state index in [1.165, 1.54) is 0 Å². The van der Waals surface area contributed by atoms with Crippen LogP contribution in [0.2, 0.25) is 0 Å². The smallest absolute Gasteiger partial charge is 0.239 e. The molecule has 1 amide bonds. The van der Waals surface area contributed by atoms with Gasteiger partial charge in [0.2, 0.25) is 5.91 Å². The van der Waals surface area contributed by atoms with Crippen LogP contribution in [0, 0.1) is 5.92 Å². The molecule has 0 saturated carbocycles. The summed E-state index contributed by atoms with van der Waals surface area (Å²) in [4.78, 5) is 13.6. The molecule has 1 atom stereocenters. The summed E-state index contributed by atoms with van der Waals surface area (Å²) in [6, 6.07) is 7.19. The van der Waals surface area contributed by atoms with Crippen molar-refractivity contribution < 1.29 is 9.53 Å². The highest BCUT2D eigenvalue weighted by Crippen LogP contribution is 2.16. The quantitative estimate of drug-likeness (QED) is 0.828. The van der Waals surface area contributed by atoms with E-state index in [2.05, 4.69) is 29.8 Å². The first-order chi connectivity index (χ1) is 9.40. The molecule has 0 aromatic heterocycles. The highest BCUT2D eigenvalue weighted by atomic mass is 79.9. The maximum atomic E-state index is 12.0. The third kappa shape index (κ3) is 5.92. The van der Waals surface area contributed by atoms with Crippen LogP contribution in [0.1, 0.15) is 20.3 Å². The van der Waals surface area contributed by atoms with E-state index in [9.17, 15) is 4.79 Å². The summed E-state index contributed by atoms with van der Waals surface area (Å²) in [7, 11) is 1.76. The number of rotatable bonds is 7. The minimum Gasteiger partial charge on any atom is -0.492 e. The van der Waals surface area contributed by atoms with Crippen LogP contribution in [0.15, 0.2) is 28.7 Å². The third-order valence-electron chi connectivity index (χ3n) is 2.93. The van der Waals surface area contributed by atoms with E-state index in [-0.39, 0.29) is 5.91 Å². The van der Waals surface area contributed by atoms with Crippen molar-refractivity contribution in [1.82, 2.24) is 4.90 Å². The van der Waals surface area contributed by atoms with Crippen LogP contribution < -0.4 is 10.5 Å². The maximum absolute atomic E-state index is 12.0. The van der Waals surface area contributed by atoms with Crippen LogP contribution in [-0.2, 0) is 4.79 Å². The van der Waals surface area contributed by atoms with E-state index in [0.29, 0.717) is 25.5 Å². The molecule has 5 heteroatoms. The van der Waals surface area contributed by atoms with Gasteiger partial charge in [-0.05, 0) is 36.6 Å². The predicted octanol–water partition coefficient (Wildman–Crippen LogP) is 2.66. The minimum atomic E-state index is -0.423. The molecule has 0 aliphatic carbocycles. The number of nitrogens with zero attached hydrogens (tertiary/aromatic N) is 1. The maximum Gasteiger partial charge on any atom is 0.239 e. The van der Waals surface area contributed by atoms with Crippen LogP contribution >= 0.6 is 15.9 Å². The summed E-state index contributed by atoms with van der Waals surface area (Å²) in [5, 5.41) is 0. The Hall–Kier alpha value is -1.07. The number of ether oxygens (including phenoxy) is 1. The van der Waals surface area contributed by atoms with Gasteiger partial charge in [0.1, 0.15) is 12.4 Å². The first kappa shape index (κ1) is 17.0. The largest absolute Gasteiger partial charge is 0.492 e. The Morgan fingerprint density at radius 1 is 1.35 bits per heavy atom. The summed E-state index contributed by atoms with van der Waals surface area (Å²) in [5.41, 5.74) is 5.88. The van der Waals surface area contributed by atoms with Gasteiger partial charge >= 0.3 is 0 Å². The lowest BCUT2D eigenvalue weighted by molar-refractivity contribution is -0.131. The highest BCUT2D eigenvalue weighted by molar-refractivity contribution is 9.10. The number of hydrogen-bond acceptors (Lipinski definition) is 3. The fraction of sp³-hybridized carbons (Fsp3) is 0.533. The fourth-order valence-electron chi connectivity index (χ4n) is 1.83. The number of amides is 1. The molecular formula is C15H23BrN2O2. The van der Waals surface area contributed by atoms with Gasteiger partial charge < -0.3 is 15.4 Å². The molecule has 1 rings (SSSR count). The molecule has 1 aromatic carbocycles. The normalized spacial score (nSPS) is 12.3. The van der Waals surface area contributed by atoms with Gasteiger partial charge in [0.05, 0.1) is 12.6 Å². The van der Waals surface area contributed by atoms with Crippen molar-refractivity contribution in [3.63, 3.8) is 0 Å². The molecule has 4 nitrogen and oxygen atoms in total. The summed E-state index contributed by atoms with van der Waals surface area (Å²) >= 11 is 3.37. The first-order valence-corrected chi connectivity index (χ1v) is 7.58. The molecule has 0 unspecified atom stereocenters. The van der Waals surface area contributed by atoms with E-state index in [1.807, 2.05) is 24.3 Å². The van der Waals surface area contributed by atoms with Crippen LogP contribution in [0.4, 0.5) is 0 Å². The number of benzene rings is 1. The molecular weight excluding hydrogens is 320 g/mol. The minimum absolute atomic E-state index is 0.0295. The molecule has 20 heavy (non-hydrogen) atoms. The SMILES string of the molecule is CC(C)C[C@@H](N)C(=O)N(C)CCOc1ccc(Br)cc1. The zero-order valence-corrected chi connectivity index (χ0v) is 13.9. The Morgan fingerprint density at radius 3 is 2.50 bits per heavy atom. The summed E-state index contributed by atoms with van der Waals surface area (Å²) in [5.74, 6) is 1.18. The second-order valence-electron chi connectivity index (χ2n) is 5.30. The van der Waals surface area contributed by atoms with Crippen molar-refractivity contribution in [3.8, 4) is 5.75 Å². The molecule has 2 N–H and O–H groups in total. The van der Waals surface area contributed by atoms with Crippen molar-refractivity contribution >= 4 is 21.8 Å². The van der Waals surface area contributed by atoms with Gasteiger partial charge in [-0.15, -0.1) is 0 Å². The lowest BCUT2D eigenvalue weighted by Crippen LogP contribution is -2.43. The monoisotopic (exact) mass is 342 g/mol. The summed E-state index contributed by atoms with van der Waals surface area (Å²) in [6.07, 6.45) is 0.705. The molecule has 0 bridgehead atoms. The van der Waals surface area contributed by atoms with Crippen LogP contribution in [0.25, 0.3) is 0 Å². The Morgan fingerprint density at radius 2 is 1.95 bits per heavy atom. The van der Waals surface area contributed by atoms with E-state index in [0.717, 1.165) is 10.2 Å². The number of likely N-dealkylation sites (N-methyl/N-ethyl adjacent to an activating group) is 1. The van der Waals surface area contributed by atoms with E-state index >= 15 is 0 Å². The van der Waals surface area contributed by atoms with Crippen LogP contribution in [-0.4, -0.2) is 37.0 Å². The van der Waals surface area contributed by atoms with Gasteiger partial charge in [-0.1, -0.05) is 29.8 Å². The topological polar surface area (TPSA) is 55.6 Å². The predicted molar refractivity (Wildman–Crippen MR) is 84.7 cm³/mol. The number of nitrogens with two attached hydrogens (primary N) is 1. The van der Waals surface area contributed by atoms with E-state index in [4.69, 9.17) is 10.5 Å². The highest BCUT2D eigenvalue weighted by Gasteiger charge is 2.18. The van der Waals surface area contributed by atoms with Gasteiger partial charge in [-0.2, -0.15) is 0 Å². The number of halogens is 1. The fourth-order valence-corrected chi connectivity index (χ4v) is 2.10. The van der Waals surface area contributed by atoms with Gasteiger partial charge in [0.15, 0.2) is 0 Å². The van der Waals surface area contributed by atoms with Crippen molar-refractivity contribution in [2.45, 2.75) is 26.3 Å². The molecule has 0 spiro atoms.